The van der Waals surface area contributed by atoms with Crippen molar-refractivity contribution in [3.8, 4) is 11.3 Å². The van der Waals surface area contributed by atoms with Crippen molar-refractivity contribution in [2.24, 2.45) is 0 Å². The standard InChI is InChI=1S/C22H16N4/c1-2-8-17-15-18(12-11-16(17)7-1)21-22(24-19-9-3-5-13-23-19)26-14-6-4-10-20(26)25-21/h1-15H,(H,23,24). The molecule has 2 aromatic carbocycles. The van der Waals surface area contributed by atoms with Gasteiger partial charge in [-0.1, -0.05) is 48.5 Å². The van der Waals surface area contributed by atoms with Gasteiger partial charge in [-0.15, -0.1) is 0 Å². The molecule has 0 amide bonds. The number of fused-ring (bicyclic) bond motifs is 2. The van der Waals surface area contributed by atoms with Crippen LogP contribution in [0.4, 0.5) is 11.6 Å². The van der Waals surface area contributed by atoms with E-state index in [0.717, 1.165) is 28.5 Å². The minimum absolute atomic E-state index is 0.792. The molecule has 0 atom stereocenters. The largest absolute Gasteiger partial charge is 0.324 e. The molecule has 4 nitrogen and oxygen atoms in total. The van der Waals surface area contributed by atoms with Crippen molar-refractivity contribution in [1.82, 2.24) is 14.4 Å². The molecule has 3 heterocycles. The van der Waals surface area contributed by atoms with E-state index >= 15 is 0 Å². The van der Waals surface area contributed by atoms with E-state index in [4.69, 9.17) is 4.98 Å². The first-order chi connectivity index (χ1) is 12.9. The van der Waals surface area contributed by atoms with E-state index in [2.05, 4.69) is 57.2 Å². The first kappa shape index (κ1) is 14.7. The molecule has 3 aromatic heterocycles. The molecule has 0 radical (unpaired) electrons. The van der Waals surface area contributed by atoms with Gasteiger partial charge in [0.2, 0.25) is 0 Å². The number of nitrogens with one attached hydrogen (secondary N) is 1. The zero-order valence-electron chi connectivity index (χ0n) is 14.0. The van der Waals surface area contributed by atoms with Gasteiger partial charge >= 0.3 is 0 Å². The Morgan fingerprint density at radius 1 is 0.769 bits per heavy atom. The van der Waals surface area contributed by atoms with Gasteiger partial charge in [0.15, 0.2) is 0 Å². The molecule has 1 N–H and O–H groups in total. The molecule has 5 aromatic rings. The molecule has 124 valence electrons. The molecular formula is C22H16N4. The Hall–Kier alpha value is -3.66. The fourth-order valence-electron chi connectivity index (χ4n) is 3.21. The second-order valence-electron chi connectivity index (χ2n) is 6.14. The SMILES string of the molecule is c1ccc(Nc2c(-c3ccc4ccccc4c3)nc3ccccn23)nc1. The third-order valence-corrected chi connectivity index (χ3v) is 4.46. The molecule has 0 fully saturated rings. The Balaban J connectivity index is 1.72. The molecule has 4 heteroatoms. The molecule has 0 aliphatic carbocycles. The number of imidazole rings is 1. The van der Waals surface area contributed by atoms with Gasteiger partial charge in [-0.05, 0) is 41.1 Å². The first-order valence-corrected chi connectivity index (χ1v) is 8.53. The summed E-state index contributed by atoms with van der Waals surface area (Å²) in [5, 5.41) is 5.85. The van der Waals surface area contributed by atoms with Crippen LogP contribution >= 0.6 is 0 Å². The maximum Gasteiger partial charge on any atom is 0.144 e. The predicted molar refractivity (Wildman–Crippen MR) is 106 cm³/mol. The van der Waals surface area contributed by atoms with Crippen LogP contribution in [0.2, 0.25) is 0 Å². The van der Waals surface area contributed by atoms with E-state index in [1.807, 2.05) is 42.6 Å². The molecule has 5 rings (SSSR count). The highest BCUT2D eigenvalue weighted by Gasteiger charge is 2.14. The van der Waals surface area contributed by atoms with Crippen LogP contribution in [-0.4, -0.2) is 14.4 Å². The number of pyridine rings is 2. The minimum Gasteiger partial charge on any atom is -0.324 e. The third-order valence-electron chi connectivity index (χ3n) is 4.46. The summed E-state index contributed by atoms with van der Waals surface area (Å²) >= 11 is 0. The molecular weight excluding hydrogens is 320 g/mol. The van der Waals surface area contributed by atoms with Crippen LogP contribution in [0.25, 0.3) is 27.7 Å². The first-order valence-electron chi connectivity index (χ1n) is 8.53. The van der Waals surface area contributed by atoms with Crippen LogP contribution < -0.4 is 5.32 Å². The molecule has 0 aliphatic heterocycles. The lowest BCUT2D eigenvalue weighted by atomic mass is 10.1. The normalized spacial score (nSPS) is 11.1. The Labute approximate surface area is 150 Å². The average Bonchev–Trinajstić information content (AvgIpc) is 3.07. The average molecular weight is 336 g/mol. The highest BCUT2D eigenvalue weighted by Crippen LogP contribution is 2.32. The molecule has 0 saturated heterocycles. The number of anilines is 2. The van der Waals surface area contributed by atoms with Gasteiger partial charge in [-0.25, -0.2) is 9.97 Å². The van der Waals surface area contributed by atoms with Crippen LogP contribution in [0.1, 0.15) is 0 Å². The van der Waals surface area contributed by atoms with Crippen molar-refractivity contribution in [2.75, 3.05) is 5.32 Å². The van der Waals surface area contributed by atoms with Crippen molar-refractivity contribution in [1.29, 1.82) is 0 Å². The van der Waals surface area contributed by atoms with Crippen molar-refractivity contribution < 1.29 is 0 Å². The Kier molecular flexibility index (Phi) is 3.39. The smallest absolute Gasteiger partial charge is 0.144 e. The number of nitrogens with zero attached hydrogens (tertiary/aromatic N) is 3. The summed E-state index contributed by atoms with van der Waals surface area (Å²) < 4.78 is 2.05. The van der Waals surface area contributed by atoms with E-state index < -0.39 is 0 Å². The van der Waals surface area contributed by atoms with Gasteiger partial charge in [0.1, 0.15) is 23.0 Å². The van der Waals surface area contributed by atoms with Crippen molar-refractivity contribution in [3.63, 3.8) is 0 Å². The van der Waals surface area contributed by atoms with Crippen LogP contribution in [0, 0.1) is 0 Å². The summed E-state index contributed by atoms with van der Waals surface area (Å²) in [6.45, 7) is 0. The maximum absolute atomic E-state index is 4.86. The predicted octanol–water partition coefficient (Wildman–Crippen LogP) is 5.29. The maximum atomic E-state index is 4.86. The zero-order valence-corrected chi connectivity index (χ0v) is 14.0. The molecule has 0 spiro atoms. The van der Waals surface area contributed by atoms with Gasteiger partial charge in [0, 0.05) is 18.0 Å². The number of benzene rings is 2. The van der Waals surface area contributed by atoms with Crippen LogP contribution in [0.3, 0.4) is 0 Å². The molecule has 26 heavy (non-hydrogen) atoms. The Bertz CT molecular complexity index is 1210. The number of hydrogen-bond acceptors (Lipinski definition) is 3. The number of hydrogen-bond donors (Lipinski definition) is 1. The van der Waals surface area contributed by atoms with Gasteiger partial charge < -0.3 is 5.32 Å². The van der Waals surface area contributed by atoms with Crippen molar-refractivity contribution in [2.45, 2.75) is 0 Å². The summed E-state index contributed by atoms with van der Waals surface area (Å²) in [6, 6.07) is 26.6. The summed E-state index contributed by atoms with van der Waals surface area (Å²) in [5.41, 5.74) is 2.88. The van der Waals surface area contributed by atoms with Crippen LogP contribution in [0.15, 0.2) is 91.3 Å². The van der Waals surface area contributed by atoms with Gasteiger partial charge in [-0.3, -0.25) is 4.40 Å². The van der Waals surface area contributed by atoms with Crippen molar-refractivity contribution in [3.05, 3.63) is 91.3 Å². The summed E-state index contributed by atoms with van der Waals surface area (Å²) in [7, 11) is 0. The lowest BCUT2D eigenvalue weighted by Crippen LogP contribution is -1.98. The topological polar surface area (TPSA) is 42.2 Å². The lowest BCUT2D eigenvalue weighted by molar-refractivity contribution is 1.17. The van der Waals surface area contributed by atoms with Gasteiger partial charge in [0.25, 0.3) is 0 Å². The van der Waals surface area contributed by atoms with E-state index in [0.29, 0.717) is 0 Å². The van der Waals surface area contributed by atoms with Crippen LogP contribution in [-0.2, 0) is 0 Å². The molecule has 0 saturated carbocycles. The molecule has 0 aliphatic rings. The highest BCUT2D eigenvalue weighted by atomic mass is 15.2. The van der Waals surface area contributed by atoms with Gasteiger partial charge in [0.05, 0.1) is 0 Å². The Morgan fingerprint density at radius 2 is 1.62 bits per heavy atom. The molecule has 0 unspecified atom stereocenters. The summed E-state index contributed by atoms with van der Waals surface area (Å²) in [6.07, 6.45) is 3.79. The second-order valence-corrected chi connectivity index (χ2v) is 6.14. The van der Waals surface area contributed by atoms with Crippen LogP contribution in [0.5, 0.6) is 0 Å². The zero-order chi connectivity index (χ0) is 17.3. The van der Waals surface area contributed by atoms with E-state index in [1.165, 1.54) is 10.8 Å². The fraction of sp³-hybridized carbons (Fsp3) is 0. The highest BCUT2D eigenvalue weighted by molar-refractivity contribution is 5.89. The number of rotatable bonds is 3. The van der Waals surface area contributed by atoms with E-state index in [1.54, 1.807) is 6.20 Å². The third kappa shape index (κ3) is 2.48. The summed E-state index contributed by atoms with van der Waals surface area (Å²) in [5.74, 6) is 1.70. The quantitative estimate of drug-likeness (QED) is 0.486. The molecule has 0 bridgehead atoms. The minimum atomic E-state index is 0.792. The monoisotopic (exact) mass is 336 g/mol. The van der Waals surface area contributed by atoms with E-state index in [-0.39, 0.29) is 0 Å². The summed E-state index contributed by atoms with van der Waals surface area (Å²) in [4.78, 5) is 9.25. The van der Waals surface area contributed by atoms with E-state index in [9.17, 15) is 0 Å². The number of aromatic nitrogens is 3. The van der Waals surface area contributed by atoms with Gasteiger partial charge in [-0.2, -0.15) is 0 Å². The Morgan fingerprint density at radius 3 is 2.50 bits per heavy atom. The fourth-order valence-corrected chi connectivity index (χ4v) is 3.21. The second kappa shape index (κ2) is 6.01. The lowest BCUT2D eigenvalue weighted by Gasteiger charge is -2.08. The van der Waals surface area contributed by atoms with Crippen molar-refractivity contribution >= 4 is 28.1 Å².